The van der Waals surface area contributed by atoms with Gasteiger partial charge in [-0.1, -0.05) is 25.8 Å². The fourth-order valence-corrected chi connectivity index (χ4v) is 2.55. The van der Waals surface area contributed by atoms with E-state index in [0.717, 1.165) is 12.8 Å². The molecule has 1 saturated carbocycles. The first-order chi connectivity index (χ1) is 8.13. The minimum Gasteiger partial charge on any atom is -0.462 e. The number of ether oxygens (including phenoxy) is 1. The topological polar surface area (TPSA) is 46.5 Å². The van der Waals surface area contributed by atoms with Gasteiger partial charge in [0.2, 0.25) is 0 Å². The molecule has 0 radical (unpaired) electrons. The van der Waals surface area contributed by atoms with Gasteiger partial charge in [0.05, 0.1) is 6.61 Å². The van der Waals surface area contributed by atoms with Gasteiger partial charge in [-0.15, -0.1) is 0 Å². The van der Waals surface area contributed by atoms with Crippen molar-refractivity contribution in [3.8, 4) is 0 Å². The molecule has 17 heavy (non-hydrogen) atoms. The summed E-state index contributed by atoms with van der Waals surface area (Å²) < 4.78 is 5.11. The Hall–Kier alpha value is -0.830. The van der Waals surface area contributed by atoms with E-state index in [2.05, 4.69) is 6.58 Å². The van der Waals surface area contributed by atoms with Crippen LogP contribution in [0.15, 0.2) is 12.2 Å². The summed E-state index contributed by atoms with van der Waals surface area (Å²) in [7, 11) is 0. The zero-order chi connectivity index (χ0) is 12.7. The summed E-state index contributed by atoms with van der Waals surface area (Å²) >= 11 is 0. The van der Waals surface area contributed by atoms with Crippen LogP contribution in [-0.4, -0.2) is 24.3 Å². The van der Waals surface area contributed by atoms with E-state index in [1.54, 1.807) is 6.92 Å². The van der Waals surface area contributed by atoms with Crippen LogP contribution in [0.2, 0.25) is 0 Å². The quantitative estimate of drug-likeness (QED) is 0.573. The molecule has 0 heterocycles. The van der Waals surface area contributed by atoms with Gasteiger partial charge in [0.25, 0.3) is 0 Å². The van der Waals surface area contributed by atoms with E-state index in [1.807, 2.05) is 0 Å². The summed E-state index contributed by atoms with van der Waals surface area (Å²) in [6.45, 7) is 6.02. The number of aliphatic hydroxyl groups is 1. The lowest BCUT2D eigenvalue weighted by Gasteiger charge is -2.28. The second kappa shape index (κ2) is 7.49. The Balaban J connectivity index is 2.18. The molecule has 1 aliphatic carbocycles. The molecule has 0 bridgehead atoms. The molecule has 98 valence electrons. The summed E-state index contributed by atoms with van der Waals surface area (Å²) in [5, 5.41) is 8.94. The van der Waals surface area contributed by atoms with Crippen molar-refractivity contribution in [2.75, 3.05) is 13.2 Å². The van der Waals surface area contributed by atoms with Crippen molar-refractivity contribution in [1.29, 1.82) is 0 Å². The van der Waals surface area contributed by atoms with Crippen LogP contribution in [0.1, 0.15) is 45.4 Å². The van der Waals surface area contributed by atoms with E-state index >= 15 is 0 Å². The zero-order valence-electron chi connectivity index (χ0n) is 10.8. The molecule has 2 atom stereocenters. The monoisotopic (exact) mass is 240 g/mol. The highest BCUT2D eigenvalue weighted by Crippen LogP contribution is 2.32. The third-order valence-corrected chi connectivity index (χ3v) is 3.54. The maximum absolute atomic E-state index is 11.2. The fourth-order valence-electron chi connectivity index (χ4n) is 2.55. The van der Waals surface area contributed by atoms with Crippen LogP contribution in [-0.2, 0) is 9.53 Å². The molecule has 3 nitrogen and oxygen atoms in total. The molecule has 0 saturated heterocycles. The Morgan fingerprint density at radius 1 is 1.35 bits per heavy atom. The number of esters is 1. The van der Waals surface area contributed by atoms with Gasteiger partial charge in [0.1, 0.15) is 0 Å². The van der Waals surface area contributed by atoms with Crippen molar-refractivity contribution in [2.24, 2.45) is 11.8 Å². The van der Waals surface area contributed by atoms with Crippen LogP contribution in [0.3, 0.4) is 0 Å². The molecule has 0 aromatic carbocycles. The molecule has 1 fully saturated rings. The van der Waals surface area contributed by atoms with Crippen LogP contribution in [0.25, 0.3) is 0 Å². The average molecular weight is 240 g/mol. The first-order valence-electron chi connectivity index (χ1n) is 6.57. The molecule has 2 unspecified atom stereocenters. The highest BCUT2D eigenvalue weighted by atomic mass is 16.5. The van der Waals surface area contributed by atoms with Gasteiger partial charge in [-0.3, -0.25) is 0 Å². The van der Waals surface area contributed by atoms with Gasteiger partial charge in [-0.25, -0.2) is 4.79 Å². The minimum atomic E-state index is -0.285. The van der Waals surface area contributed by atoms with Gasteiger partial charge in [0, 0.05) is 12.2 Å². The molecule has 0 aliphatic heterocycles. The first kappa shape index (κ1) is 14.2. The number of hydrogen-bond acceptors (Lipinski definition) is 3. The number of carbonyl (C=O) groups is 1. The highest BCUT2D eigenvalue weighted by Gasteiger charge is 2.21. The van der Waals surface area contributed by atoms with Gasteiger partial charge < -0.3 is 9.84 Å². The summed E-state index contributed by atoms with van der Waals surface area (Å²) in [6, 6.07) is 0. The number of carbonyl (C=O) groups excluding carboxylic acids is 1. The smallest absolute Gasteiger partial charge is 0.333 e. The molecular weight excluding hydrogens is 216 g/mol. The third-order valence-electron chi connectivity index (χ3n) is 3.54. The molecule has 0 amide bonds. The van der Waals surface area contributed by atoms with Crippen molar-refractivity contribution < 1.29 is 14.6 Å². The van der Waals surface area contributed by atoms with Gasteiger partial charge in [-0.2, -0.15) is 0 Å². The summed E-state index contributed by atoms with van der Waals surface area (Å²) in [4.78, 5) is 11.2. The SMILES string of the molecule is C=C(C)C(=O)OCCC1CCCC(CCO)C1. The number of rotatable bonds is 6. The first-order valence-corrected chi connectivity index (χ1v) is 6.57. The van der Waals surface area contributed by atoms with E-state index in [1.165, 1.54) is 25.7 Å². The molecular formula is C14H24O3. The van der Waals surface area contributed by atoms with Crippen LogP contribution in [0.4, 0.5) is 0 Å². The Bertz CT molecular complexity index is 258. The maximum Gasteiger partial charge on any atom is 0.333 e. The second-order valence-electron chi connectivity index (χ2n) is 5.12. The van der Waals surface area contributed by atoms with Crippen molar-refractivity contribution in [3.05, 3.63) is 12.2 Å². The standard InChI is InChI=1S/C14H24O3/c1-11(2)14(16)17-9-7-13-5-3-4-12(10-13)6-8-15/h12-13,15H,1,3-10H2,2H3. The van der Waals surface area contributed by atoms with Crippen molar-refractivity contribution in [3.63, 3.8) is 0 Å². The minimum absolute atomic E-state index is 0.285. The highest BCUT2D eigenvalue weighted by molar-refractivity contribution is 5.86. The van der Waals surface area contributed by atoms with Gasteiger partial charge in [0.15, 0.2) is 0 Å². The van der Waals surface area contributed by atoms with Gasteiger partial charge in [-0.05, 0) is 38.0 Å². The lowest BCUT2D eigenvalue weighted by atomic mass is 9.79. The Labute approximate surface area is 104 Å². The van der Waals surface area contributed by atoms with Crippen molar-refractivity contribution in [1.82, 2.24) is 0 Å². The predicted molar refractivity (Wildman–Crippen MR) is 67.5 cm³/mol. The maximum atomic E-state index is 11.2. The van der Waals surface area contributed by atoms with Gasteiger partial charge >= 0.3 is 5.97 Å². The largest absolute Gasteiger partial charge is 0.462 e. The molecule has 1 rings (SSSR count). The lowest BCUT2D eigenvalue weighted by molar-refractivity contribution is -0.139. The zero-order valence-corrected chi connectivity index (χ0v) is 10.8. The Kier molecular flexibility index (Phi) is 6.27. The van der Waals surface area contributed by atoms with E-state index in [9.17, 15) is 4.79 Å². The fraction of sp³-hybridized carbons (Fsp3) is 0.786. The van der Waals surface area contributed by atoms with Crippen LogP contribution in [0, 0.1) is 11.8 Å². The molecule has 1 aliphatic rings. The number of hydrogen-bond donors (Lipinski definition) is 1. The van der Waals surface area contributed by atoms with E-state index in [0.29, 0.717) is 30.6 Å². The lowest BCUT2D eigenvalue weighted by Crippen LogP contribution is -2.19. The Morgan fingerprint density at radius 3 is 2.59 bits per heavy atom. The second-order valence-corrected chi connectivity index (χ2v) is 5.12. The normalized spacial score (nSPS) is 24.4. The predicted octanol–water partition coefficient (Wildman–Crippen LogP) is 2.68. The third kappa shape index (κ3) is 5.35. The molecule has 0 spiro atoms. The Morgan fingerprint density at radius 2 is 2.00 bits per heavy atom. The number of aliphatic hydroxyl groups excluding tert-OH is 1. The van der Waals surface area contributed by atoms with E-state index in [-0.39, 0.29) is 5.97 Å². The summed E-state index contributed by atoms with van der Waals surface area (Å²) in [5.74, 6) is 1.03. The molecule has 0 aromatic rings. The van der Waals surface area contributed by atoms with Crippen molar-refractivity contribution in [2.45, 2.75) is 45.4 Å². The van der Waals surface area contributed by atoms with Crippen LogP contribution in [0.5, 0.6) is 0 Å². The summed E-state index contributed by atoms with van der Waals surface area (Å²) in [5.41, 5.74) is 0.465. The molecule has 3 heteroatoms. The van der Waals surface area contributed by atoms with Crippen molar-refractivity contribution >= 4 is 5.97 Å². The average Bonchev–Trinajstić information content (AvgIpc) is 2.29. The van der Waals surface area contributed by atoms with E-state index < -0.39 is 0 Å². The summed E-state index contributed by atoms with van der Waals surface area (Å²) in [6.07, 6.45) is 6.74. The van der Waals surface area contributed by atoms with E-state index in [4.69, 9.17) is 9.84 Å². The van der Waals surface area contributed by atoms with Crippen LogP contribution < -0.4 is 0 Å². The molecule has 0 aromatic heterocycles. The van der Waals surface area contributed by atoms with Crippen LogP contribution >= 0.6 is 0 Å². The molecule has 1 N–H and O–H groups in total.